The molecule has 82 valence electrons. The molecular weight excluding hydrogens is 209 g/mol. The summed E-state index contributed by atoms with van der Waals surface area (Å²) in [5, 5.41) is 0. The van der Waals surface area contributed by atoms with E-state index in [1.54, 1.807) is 0 Å². The van der Waals surface area contributed by atoms with Gasteiger partial charge in [0, 0.05) is 12.5 Å². The molecule has 0 aromatic carbocycles. The van der Waals surface area contributed by atoms with Crippen molar-refractivity contribution >= 4 is 0 Å². The Morgan fingerprint density at radius 3 is 2.53 bits per heavy atom. The minimum Gasteiger partial charge on any atom is -0.466 e. The molecule has 1 aromatic rings. The van der Waals surface area contributed by atoms with Crippen molar-refractivity contribution in [3.05, 3.63) is 24.7 Å². The molecule has 15 heavy (non-hydrogen) atoms. The van der Waals surface area contributed by atoms with Gasteiger partial charge in [-0.05, 0) is 6.42 Å². The van der Waals surface area contributed by atoms with E-state index in [0.29, 0.717) is 18.9 Å². The highest BCUT2D eigenvalue weighted by Crippen LogP contribution is 2.29. The van der Waals surface area contributed by atoms with E-state index in [9.17, 15) is 13.2 Å². The summed E-state index contributed by atoms with van der Waals surface area (Å²) in [5.41, 5.74) is -1.04. The molecule has 0 spiro atoms. The second-order valence-electron chi connectivity index (χ2n) is 2.87. The van der Waals surface area contributed by atoms with Crippen LogP contribution in [0.15, 0.2) is 6.07 Å². The lowest BCUT2D eigenvalue weighted by Gasteiger charge is -2.08. The molecule has 6 heteroatoms. The van der Waals surface area contributed by atoms with Gasteiger partial charge in [0.15, 0.2) is 12.8 Å². The molecule has 0 N–H and O–H groups in total. The van der Waals surface area contributed by atoms with Crippen LogP contribution in [-0.2, 0) is 12.6 Å². The van der Waals surface area contributed by atoms with E-state index >= 15 is 0 Å². The van der Waals surface area contributed by atoms with E-state index < -0.39 is 11.9 Å². The number of ether oxygens (including phenoxy) is 1. The van der Waals surface area contributed by atoms with Gasteiger partial charge in [0.25, 0.3) is 0 Å². The SMILES string of the molecule is [CH]Oc1cc(C(F)(F)F)nc(CCC)n1. The molecule has 0 aliphatic heterocycles. The number of nitrogens with zero attached hydrogens (tertiary/aromatic N) is 2. The van der Waals surface area contributed by atoms with Gasteiger partial charge in [0.1, 0.15) is 5.82 Å². The van der Waals surface area contributed by atoms with E-state index in [1.807, 2.05) is 6.92 Å². The van der Waals surface area contributed by atoms with Crippen LogP contribution < -0.4 is 4.74 Å². The third kappa shape index (κ3) is 3.07. The minimum absolute atomic E-state index is 0.0766. The zero-order valence-corrected chi connectivity index (χ0v) is 8.01. The van der Waals surface area contributed by atoms with Crippen molar-refractivity contribution in [3.63, 3.8) is 0 Å². The molecule has 3 nitrogen and oxygen atoms in total. The summed E-state index contributed by atoms with van der Waals surface area (Å²) < 4.78 is 41.2. The smallest absolute Gasteiger partial charge is 0.433 e. The number of alkyl halides is 3. The fourth-order valence-electron chi connectivity index (χ4n) is 1.01. The van der Waals surface area contributed by atoms with Crippen molar-refractivity contribution in [3.8, 4) is 5.88 Å². The van der Waals surface area contributed by atoms with Gasteiger partial charge in [0.2, 0.25) is 5.88 Å². The Morgan fingerprint density at radius 1 is 1.40 bits per heavy atom. The standard InChI is InChI=1S/C9H9F3N2O/c1-3-4-7-13-6(9(10,11)12)5-8(14-7)15-2/h2,5H,3-4H2,1H3. The molecule has 0 atom stereocenters. The number of hydrogen-bond acceptors (Lipinski definition) is 3. The Kier molecular flexibility index (Phi) is 3.49. The lowest BCUT2D eigenvalue weighted by Crippen LogP contribution is -2.11. The molecule has 0 aliphatic rings. The van der Waals surface area contributed by atoms with Gasteiger partial charge in [-0.2, -0.15) is 18.2 Å². The monoisotopic (exact) mass is 218 g/mol. The van der Waals surface area contributed by atoms with Crippen molar-refractivity contribution in [2.45, 2.75) is 25.9 Å². The van der Waals surface area contributed by atoms with Gasteiger partial charge in [-0.25, -0.2) is 4.98 Å². The predicted molar refractivity (Wildman–Crippen MR) is 46.0 cm³/mol. The van der Waals surface area contributed by atoms with Crippen LogP contribution in [0.2, 0.25) is 0 Å². The molecule has 1 rings (SSSR count). The van der Waals surface area contributed by atoms with Crippen LogP contribution in [0.4, 0.5) is 13.2 Å². The maximum Gasteiger partial charge on any atom is 0.433 e. The fraction of sp³-hybridized carbons (Fsp3) is 0.444. The molecule has 0 saturated carbocycles. The molecule has 0 bridgehead atoms. The summed E-state index contributed by atoms with van der Waals surface area (Å²) in [6, 6.07) is 0.666. The molecule has 0 unspecified atom stereocenters. The largest absolute Gasteiger partial charge is 0.466 e. The van der Waals surface area contributed by atoms with Crippen molar-refractivity contribution in [2.75, 3.05) is 0 Å². The predicted octanol–water partition coefficient (Wildman–Crippen LogP) is 2.50. The number of halogens is 3. The van der Waals surface area contributed by atoms with Crippen LogP contribution in [0, 0.1) is 7.11 Å². The lowest BCUT2D eigenvalue weighted by molar-refractivity contribution is -0.141. The van der Waals surface area contributed by atoms with Crippen LogP contribution in [0.5, 0.6) is 5.88 Å². The quantitative estimate of drug-likeness (QED) is 0.781. The highest BCUT2D eigenvalue weighted by atomic mass is 19.4. The summed E-state index contributed by atoms with van der Waals surface area (Å²) >= 11 is 0. The van der Waals surface area contributed by atoms with Crippen molar-refractivity contribution in [2.24, 2.45) is 0 Å². The Bertz CT molecular complexity index is 339. The Labute approximate surface area is 85.3 Å². The van der Waals surface area contributed by atoms with Gasteiger partial charge in [0.05, 0.1) is 0 Å². The maximum absolute atomic E-state index is 12.3. The topological polar surface area (TPSA) is 35.0 Å². The van der Waals surface area contributed by atoms with Gasteiger partial charge in [-0.3, -0.25) is 0 Å². The first kappa shape index (κ1) is 11.7. The number of rotatable bonds is 3. The third-order valence-corrected chi connectivity index (χ3v) is 1.63. The maximum atomic E-state index is 12.3. The first-order valence-electron chi connectivity index (χ1n) is 4.29. The van der Waals surface area contributed by atoms with E-state index in [1.165, 1.54) is 0 Å². The van der Waals surface area contributed by atoms with Crippen LogP contribution >= 0.6 is 0 Å². The van der Waals surface area contributed by atoms with Gasteiger partial charge in [-0.15, -0.1) is 0 Å². The summed E-state index contributed by atoms with van der Waals surface area (Å²) in [6.45, 7) is 1.81. The van der Waals surface area contributed by atoms with Gasteiger partial charge in [-0.1, -0.05) is 6.92 Å². The molecule has 2 radical (unpaired) electrons. The van der Waals surface area contributed by atoms with Crippen LogP contribution in [0.3, 0.4) is 0 Å². The first-order chi connectivity index (χ1) is 6.97. The van der Waals surface area contributed by atoms with Crippen molar-refractivity contribution in [1.82, 2.24) is 9.97 Å². The van der Waals surface area contributed by atoms with E-state index in [4.69, 9.17) is 7.11 Å². The second kappa shape index (κ2) is 4.46. The highest BCUT2D eigenvalue weighted by molar-refractivity contribution is 5.18. The number of hydrogen-bond donors (Lipinski definition) is 0. The normalized spacial score (nSPS) is 11.5. The van der Waals surface area contributed by atoms with E-state index in [-0.39, 0.29) is 11.7 Å². The first-order valence-corrected chi connectivity index (χ1v) is 4.29. The average molecular weight is 218 g/mol. The summed E-state index contributed by atoms with van der Waals surface area (Å²) in [6.07, 6.45) is -3.52. The summed E-state index contributed by atoms with van der Waals surface area (Å²) in [7, 11) is 4.77. The molecule has 0 aliphatic carbocycles. The lowest BCUT2D eigenvalue weighted by atomic mass is 10.3. The zero-order chi connectivity index (χ0) is 11.5. The second-order valence-corrected chi connectivity index (χ2v) is 2.87. The molecule has 1 heterocycles. The van der Waals surface area contributed by atoms with Gasteiger partial charge < -0.3 is 4.74 Å². The highest BCUT2D eigenvalue weighted by Gasteiger charge is 2.33. The Balaban J connectivity index is 3.11. The minimum atomic E-state index is -4.52. The van der Waals surface area contributed by atoms with E-state index in [0.717, 1.165) is 0 Å². The zero-order valence-electron chi connectivity index (χ0n) is 8.01. The molecular formula is C9H9F3N2O. The van der Waals surface area contributed by atoms with Gasteiger partial charge >= 0.3 is 6.18 Å². The molecule has 0 amide bonds. The average Bonchev–Trinajstić information content (AvgIpc) is 2.16. The van der Waals surface area contributed by atoms with E-state index in [2.05, 4.69) is 14.7 Å². The fourth-order valence-corrected chi connectivity index (χ4v) is 1.01. The van der Waals surface area contributed by atoms with Crippen LogP contribution in [-0.4, -0.2) is 9.97 Å². The van der Waals surface area contributed by atoms with Crippen molar-refractivity contribution in [1.29, 1.82) is 0 Å². The summed E-state index contributed by atoms with van der Waals surface area (Å²) in [5.74, 6) is -0.200. The molecule has 1 aromatic heterocycles. The summed E-state index contributed by atoms with van der Waals surface area (Å²) in [4.78, 5) is 7.07. The Morgan fingerprint density at radius 2 is 2.07 bits per heavy atom. The number of aryl methyl sites for hydroxylation is 1. The third-order valence-electron chi connectivity index (χ3n) is 1.63. The molecule has 0 saturated heterocycles. The number of aromatic nitrogens is 2. The van der Waals surface area contributed by atoms with Crippen LogP contribution in [0.25, 0.3) is 0 Å². The Hall–Kier alpha value is -1.33. The molecule has 0 fully saturated rings. The van der Waals surface area contributed by atoms with Crippen LogP contribution in [0.1, 0.15) is 24.9 Å². The van der Waals surface area contributed by atoms with Crippen molar-refractivity contribution < 1.29 is 17.9 Å².